The molecule has 1 aliphatic carbocycles. The number of hydrogen-bond donors (Lipinski definition) is 0. The minimum absolute atomic E-state index is 0.433. The summed E-state index contributed by atoms with van der Waals surface area (Å²) in [4.78, 5) is 0. The third kappa shape index (κ3) is 2.71. The molecule has 1 rings (SSSR count). The van der Waals surface area contributed by atoms with E-state index in [1.807, 2.05) is 11.8 Å². The highest BCUT2D eigenvalue weighted by atomic mass is 32.2. The van der Waals surface area contributed by atoms with Crippen molar-refractivity contribution in [3.05, 3.63) is 0 Å². The summed E-state index contributed by atoms with van der Waals surface area (Å²) in [7, 11) is 0. The predicted molar refractivity (Wildman–Crippen MR) is 54.1 cm³/mol. The normalized spacial score (nSPS) is 21.4. The Labute approximate surface area is 79.5 Å². The molecule has 0 saturated heterocycles. The molecule has 0 heterocycles. The van der Waals surface area contributed by atoms with Gasteiger partial charge >= 0.3 is 0 Å². The van der Waals surface area contributed by atoms with E-state index in [0.717, 1.165) is 11.7 Å². The maximum Gasteiger partial charge on any atom is 0.0627 e. The van der Waals surface area contributed by atoms with Gasteiger partial charge in [0, 0.05) is 17.4 Å². The van der Waals surface area contributed by atoms with E-state index in [4.69, 9.17) is 5.26 Å². The summed E-state index contributed by atoms with van der Waals surface area (Å²) in [6, 6.07) is 2.30. The Kier molecular flexibility index (Phi) is 3.46. The van der Waals surface area contributed by atoms with Crippen molar-refractivity contribution in [3.63, 3.8) is 0 Å². The van der Waals surface area contributed by atoms with Gasteiger partial charge in [-0.15, -0.1) is 0 Å². The second-order valence-electron chi connectivity index (χ2n) is 3.86. The highest BCUT2D eigenvalue weighted by Crippen LogP contribution is 2.51. The molecule has 0 aromatic heterocycles. The van der Waals surface area contributed by atoms with Crippen LogP contribution in [0.1, 0.15) is 39.5 Å². The molecule has 0 aromatic carbocycles. The van der Waals surface area contributed by atoms with Gasteiger partial charge in [-0.1, -0.05) is 13.8 Å². The summed E-state index contributed by atoms with van der Waals surface area (Å²) in [5, 5.41) is 9.37. The van der Waals surface area contributed by atoms with E-state index < -0.39 is 0 Å². The van der Waals surface area contributed by atoms with Gasteiger partial charge in [-0.3, -0.25) is 0 Å². The molecular formula is C10H17NS. The van der Waals surface area contributed by atoms with Gasteiger partial charge in [0.05, 0.1) is 6.07 Å². The fourth-order valence-corrected chi connectivity index (χ4v) is 2.42. The Bertz CT molecular complexity index is 179. The van der Waals surface area contributed by atoms with Gasteiger partial charge in [-0.2, -0.15) is 17.0 Å². The van der Waals surface area contributed by atoms with Crippen molar-refractivity contribution in [1.29, 1.82) is 5.26 Å². The molecule has 0 aliphatic heterocycles. The molecule has 1 saturated carbocycles. The Morgan fingerprint density at radius 1 is 1.58 bits per heavy atom. The second kappa shape index (κ2) is 4.18. The van der Waals surface area contributed by atoms with Gasteiger partial charge in [0.2, 0.25) is 0 Å². The SMILES string of the molecule is CCC(C)SCC1(CC#N)CC1. The first-order valence-electron chi connectivity index (χ1n) is 4.71. The lowest BCUT2D eigenvalue weighted by Gasteiger charge is -2.13. The number of rotatable bonds is 5. The molecular weight excluding hydrogens is 166 g/mol. The Balaban J connectivity index is 2.19. The maximum absolute atomic E-state index is 8.61. The maximum atomic E-state index is 8.61. The first kappa shape index (κ1) is 9.92. The third-order valence-electron chi connectivity index (χ3n) is 2.66. The lowest BCUT2D eigenvalue weighted by atomic mass is 10.1. The molecule has 68 valence electrons. The first-order valence-corrected chi connectivity index (χ1v) is 5.76. The van der Waals surface area contributed by atoms with E-state index in [0.29, 0.717) is 5.41 Å². The average Bonchev–Trinajstić information content (AvgIpc) is 2.82. The van der Waals surface area contributed by atoms with Crippen LogP contribution >= 0.6 is 11.8 Å². The van der Waals surface area contributed by atoms with Crippen LogP contribution in [0.2, 0.25) is 0 Å². The van der Waals surface area contributed by atoms with Crippen molar-refractivity contribution in [2.75, 3.05) is 5.75 Å². The van der Waals surface area contributed by atoms with Crippen molar-refractivity contribution < 1.29 is 0 Å². The third-order valence-corrected chi connectivity index (χ3v) is 4.34. The Hall–Kier alpha value is -0.160. The molecule has 0 aromatic rings. The Morgan fingerprint density at radius 2 is 2.25 bits per heavy atom. The largest absolute Gasteiger partial charge is 0.198 e. The van der Waals surface area contributed by atoms with E-state index in [-0.39, 0.29) is 0 Å². The van der Waals surface area contributed by atoms with E-state index in [1.165, 1.54) is 25.0 Å². The van der Waals surface area contributed by atoms with Gasteiger partial charge in [-0.25, -0.2) is 0 Å². The van der Waals surface area contributed by atoms with Crippen molar-refractivity contribution in [1.82, 2.24) is 0 Å². The molecule has 0 spiro atoms. The highest BCUT2D eigenvalue weighted by molar-refractivity contribution is 7.99. The number of hydrogen-bond acceptors (Lipinski definition) is 2. The molecule has 0 radical (unpaired) electrons. The van der Waals surface area contributed by atoms with Crippen LogP contribution < -0.4 is 0 Å². The average molecular weight is 183 g/mol. The van der Waals surface area contributed by atoms with Crippen LogP contribution in [-0.2, 0) is 0 Å². The zero-order valence-electron chi connectivity index (χ0n) is 7.97. The fraction of sp³-hybridized carbons (Fsp3) is 0.900. The summed E-state index contributed by atoms with van der Waals surface area (Å²) < 4.78 is 0. The molecule has 0 amide bonds. The molecule has 1 fully saturated rings. The van der Waals surface area contributed by atoms with Crippen molar-refractivity contribution in [2.45, 2.75) is 44.8 Å². The zero-order chi connectivity index (χ0) is 9.03. The molecule has 1 aliphatic rings. The van der Waals surface area contributed by atoms with Crippen LogP contribution in [0.3, 0.4) is 0 Å². The first-order chi connectivity index (χ1) is 5.72. The summed E-state index contributed by atoms with van der Waals surface area (Å²) in [6.07, 6.45) is 4.58. The molecule has 0 bridgehead atoms. The highest BCUT2D eigenvalue weighted by Gasteiger charge is 2.42. The van der Waals surface area contributed by atoms with Crippen molar-refractivity contribution in [2.24, 2.45) is 5.41 Å². The van der Waals surface area contributed by atoms with E-state index in [9.17, 15) is 0 Å². The quantitative estimate of drug-likeness (QED) is 0.653. The van der Waals surface area contributed by atoms with Crippen LogP contribution in [0.25, 0.3) is 0 Å². The smallest absolute Gasteiger partial charge is 0.0627 e. The van der Waals surface area contributed by atoms with Crippen molar-refractivity contribution in [3.8, 4) is 6.07 Å². The van der Waals surface area contributed by atoms with Crippen LogP contribution in [-0.4, -0.2) is 11.0 Å². The molecule has 1 atom stereocenters. The number of thioether (sulfide) groups is 1. The minimum atomic E-state index is 0.433. The van der Waals surface area contributed by atoms with Gasteiger partial charge < -0.3 is 0 Å². The van der Waals surface area contributed by atoms with Gasteiger partial charge in [0.25, 0.3) is 0 Å². The zero-order valence-corrected chi connectivity index (χ0v) is 8.78. The topological polar surface area (TPSA) is 23.8 Å². The summed E-state index contributed by atoms with van der Waals surface area (Å²) in [6.45, 7) is 4.49. The summed E-state index contributed by atoms with van der Waals surface area (Å²) in [5.41, 5.74) is 0.433. The van der Waals surface area contributed by atoms with Crippen LogP contribution in [0.4, 0.5) is 0 Å². The number of nitriles is 1. The standard InChI is InChI=1S/C10H17NS/c1-3-9(2)12-8-10(4-5-10)6-7-11/h9H,3-6,8H2,1-2H3. The lowest BCUT2D eigenvalue weighted by Crippen LogP contribution is -2.06. The Morgan fingerprint density at radius 3 is 2.67 bits per heavy atom. The number of nitrogens with zero attached hydrogens (tertiary/aromatic N) is 1. The van der Waals surface area contributed by atoms with Crippen LogP contribution in [0, 0.1) is 16.7 Å². The van der Waals surface area contributed by atoms with E-state index in [1.54, 1.807) is 0 Å². The van der Waals surface area contributed by atoms with E-state index >= 15 is 0 Å². The van der Waals surface area contributed by atoms with Gasteiger partial charge in [0.1, 0.15) is 0 Å². The van der Waals surface area contributed by atoms with Crippen LogP contribution in [0.5, 0.6) is 0 Å². The van der Waals surface area contributed by atoms with Crippen molar-refractivity contribution >= 4 is 11.8 Å². The predicted octanol–water partition coefficient (Wildman–Crippen LogP) is 3.21. The molecule has 1 nitrogen and oxygen atoms in total. The summed E-state index contributed by atoms with van der Waals surface area (Å²) in [5.74, 6) is 1.20. The monoisotopic (exact) mass is 183 g/mol. The molecule has 2 heteroatoms. The second-order valence-corrected chi connectivity index (χ2v) is 5.29. The van der Waals surface area contributed by atoms with Crippen LogP contribution in [0.15, 0.2) is 0 Å². The lowest BCUT2D eigenvalue weighted by molar-refractivity contribution is 0.602. The fourth-order valence-electron chi connectivity index (χ4n) is 1.15. The molecule has 0 N–H and O–H groups in total. The van der Waals surface area contributed by atoms with Gasteiger partial charge in [-0.05, 0) is 24.7 Å². The molecule has 12 heavy (non-hydrogen) atoms. The van der Waals surface area contributed by atoms with Gasteiger partial charge in [0.15, 0.2) is 0 Å². The molecule has 1 unspecified atom stereocenters. The minimum Gasteiger partial charge on any atom is -0.198 e. The summed E-state index contributed by atoms with van der Waals surface area (Å²) >= 11 is 2.03. The van der Waals surface area contributed by atoms with E-state index in [2.05, 4.69) is 19.9 Å².